The lowest BCUT2D eigenvalue weighted by molar-refractivity contribution is -0.108. The molecule has 0 aromatic heterocycles. The maximum absolute atomic E-state index is 13.1. The van der Waals surface area contributed by atoms with Gasteiger partial charge >= 0.3 is 0 Å². The summed E-state index contributed by atoms with van der Waals surface area (Å²) in [4.78, 5) is 13.1. The molecule has 0 N–H and O–H groups in total. The molecule has 0 saturated heterocycles. The van der Waals surface area contributed by atoms with Gasteiger partial charge in [-0.25, -0.2) is 0 Å². The minimum Gasteiger partial charge on any atom is -0.289 e. The zero-order valence-electron chi connectivity index (χ0n) is 13.7. The molecule has 4 rings (SSSR count). The smallest absolute Gasteiger partial charge is 0.194 e. The van der Waals surface area contributed by atoms with Gasteiger partial charge in [0.25, 0.3) is 0 Å². The number of ketones is 1. The Kier molecular flexibility index (Phi) is 4.50. The molecule has 0 spiro atoms. The van der Waals surface area contributed by atoms with Gasteiger partial charge in [0.15, 0.2) is 5.78 Å². The lowest BCUT2D eigenvalue weighted by atomic mass is 10.0. The number of fused-ring (bicyclic) bond motifs is 1. The lowest BCUT2D eigenvalue weighted by Gasteiger charge is -1.99. The van der Waals surface area contributed by atoms with Gasteiger partial charge in [-0.15, -0.1) is 0 Å². The minimum atomic E-state index is 0.0242. The van der Waals surface area contributed by atoms with Crippen LogP contribution in [-0.4, -0.2) is 5.78 Å². The summed E-state index contributed by atoms with van der Waals surface area (Å²) in [6.45, 7) is 0. The number of carbonyl (C=O) groups is 1. The summed E-state index contributed by atoms with van der Waals surface area (Å²) in [5.74, 6) is 0.0242. The van der Waals surface area contributed by atoms with Crippen molar-refractivity contribution in [1.29, 1.82) is 0 Å². The molecular weight excluding hydrogens is 363 g/mol. The topological polar surface area (TPSA) is 17.1 Å². The van der Waals surface area contributed by atoms with Gasteiger partial charge in [-0.3, -0.25) is 4.79 Å². The normalized spacial score (nSPS) is 16.3. The number of allylic oxidation sites excluding steroid dienone is 2. The molecule has 0 aliphatic heterocycles. The highest BCUT2D eigenvalue weighted by atomic mass is 35.5. The Morgan fingerprint density at radius 3 is 1.35 bits per heavy atom. The fraction of sp³-hybridized carbons (Fsp3) is 0. The summed E-state index contributed by atoms with van der Waals surface area (Å²) < 4.78 is 0. The van der Waals surface area contributed by atoms with Crippen molar-refractivity contribution in [3.05, 3.63) is 105 Å². The van der Waals surface area contributed by atoms with Gasteiger partial charge in [-0.05, 0) is 58.7 Å². The maximum Gasteiger partial charge on any atom is 0.194 e. The molecule has 26 heavy (non-hydrogen) atoms. The van der Waals surface area contributed by atoms with E-state index in [2.05, 4.69) is 0 Å². The van der Waals surface area contributed by atoms with Gasteiger partial charge < -0.3 is 0 Å². The molecule has 0 bridgehead atoms. The summed E-state index contributed by atoms with van der Waals surface area (Å²) in [7, 11) is 0. The predicted molar refractivity (Wildman–Crippen MR) is 110 cm³/mol. The molecule has 1 aliphatic carbocycles. The first kappa shape index (κ1) is 16.8. The van der Waals surface area contributed by atoms with Crippen LogP contribution in [0.5, 0.6) is 0 Å². The second-order valence-corrected chi connectivity index (χ2v) is 6.97. The summed E-state index contributed by atoms with van der Waals surface area (Å²) in [6, 6.07) is 22.8. The van der Waals surface area contributed by atoms with Crippen LogP contribution < -0.4 is 0 Å². The van der Waals surface area contributed by atoms with Gasteiger partial charge in [-0.2, -0.15) is 0 Å². The molecule has 3 aromatic carbocycles. The van der Waals surface area contributed by atoms with Crippen LogP contribution in [0.3, 0.4) is 0 Å². The molecule has 1 nitrogen and oxygen atoms in total. The highest BCUT2D eigenvalue weighted by Gasteiger charge is 2.29. The Labute approximate surface area is 162 Å². The Hall–Kier alpha value is -2.61. The van der Waals surface area contributed by atoms with Crippen LogP contribution in [0.4, 0.5) is 0 Å². The number of hydrogen-bond donors (Lipinski definition) is 0. The van der Waals surface area contributed by atoms with E-state index in [0.717, 1.165) is 22.3 Å². The summed E-state index contributed by atoms with van der Waals surface area (Å²) in [5.41, 5.74) is 5.19. The number of halogens is 2. The van der Waals surface area contributed by atoms with Gasteiger partial charge in [0.1, 0.15) is 0 Å². The van der Waals surface area contributed by atoms with Gasteiger partial charge in [0.05, 0.1) is 0 Å². The standard InChI is InChI=1S/C23H14Cl2O/c24-17-9-5-15(6-10-17)13-21-19-3-1-2-4-20(19)22(23(21)26)14-16-7-11-18(25)12-8-16/h1-14H/b21-13+,22-14+. The van der Waals surface area contributed by atoms with Crippen LogP contribution >= 0.6 is 23.2 Å². The highest BCUT2D eigenvalue weighted by Crippen LogP contribution is 2.39. The molecule has 3 aromatic rings. The third-order valence-corrected chi connectivity index (χ3v) is 4.86. The second-order valence-electron chi connectivity index (χ2n) is 6.09. The SMILES string of the molecule is O=C1/C(=C/c2ccc(Cl)cc2)c2ccccc2/C1=C\c1ccc(Cl)cc1. The van der Waals surface area contributed by atoms with Crippen molar-refractivity contribution < 1.29 is 4.79 Å². The third-order valence-electron chi connectivity index (χ3n) is 4.36. The van der Waals surface area contributed by atoms with E-state index >= 15 is 0 Å². The van der Waals surface area contributed by atoms with E-state index in [4.69, 9.17) is 23.2 Å². The molecule has 0 unspecified atom stereocenters. The first-order valence-corrected chi connectivity index (χ1v) is 8.96. The van der Waals surface area contributed by atoms with Crippen LogP contribution in [0, 0.1) is 0 Å². The van der Waals surface area contributed by atoms with Crippen LogP contribution in [0.2, 0.25) is 10.0 Å². The maximum atomic E-state index is 13.1. The van der Waals surface area contributed by atoms with Gasteiger partial charge in [0.2, 0.25) is 0 Å². The molecule has 0 heterocycles. The van der Waals surface area contributed by atoms with E-state index in [9.17, 15) is 4.79 Å². The van der Waals surface area contributed by atoms with Crippen molar-refractivity contribution in [1.82, 2.24) is 0 Å². The van der Waals surface area contributed by atoms with E-state index in [1.54, 1.807) is 0 Å². The van der Waals surface area contributed by atoms with E-state index in [-0.39, 0.29) is 5.78 Å². The molecule has 1 aliphatic rings. The van der Waals surface area contributed by atoms with Crippen molar-refractivity contribution in [2.24, 2.45) is 0 Å². The van der Waals surface area contributed by atoms with Crippen LogP contribution in [0.1, 0.15) is 22.3 Å². The molecule has 0 saturated carbocycles. The minimum absolute atomic E-state index is 0.0242. The zero-order chi connectivity index (χ0) is 18.1. The van der Waals surface area contributed by atoms with Crippen LogP contribution in [-0.2, 0) is 4.79 Å². The third kappa shape index (κ3) is 3.24. The quantitative estimate of drug-likeness (QED) is 0.457. The number of rotatable bonds is 2. The first-order valence-electron chi connectivity index (χ1n) is 8.21. The van der Waals surface area contributed by atoms with Crippen molar-refractivity contribution in [2.45, 2.75) is 0 Å². The van der Waals surface area contributed by atoms with Gasteiger partial charge in [0, 0.05) is 21.2 Å². The largest absolute Gasteiger partial charge is 0.289 e. The highest BCUT2D eigenvalue weighted by molar-refractivity contribution is 6.51. The molecule has 0 radical (unpaired) electrons. The summed E-state index contributed by atoms with van der Waals surface area (Å²) in [5, 5.41) is 1.35. The van der Waals surface area contributed by atoms with E-state index in [0.29, 0.717) is 21.2 Å². The Morgan fingerprint density at radius 1 is 0.577 bits per heavy atom. The first-order chi connectivity index (χ1) is 12.6. The number of Topliss-reactive ketones (excluding diaryl/α,β-unsaturated/α-hetero) is 1. The summed E-state index contributed by atoms with van der Waals surface area (Å²) >= 11 is 11.9. The van der Waals surface area contributed by atoms with Crippen LogP contribution in [0.15, 0.2) is 72.8 Å². The second kappa shape index (κ2) is 6.95. The van der Waals surface area contributed by atoms with Crippen molar-refractivity contribution in [2.75, 3.05) is 0 Å². The van der Waals surface area contributed by atoms with Crippen LogP contribution in [0.25, 0.3) is 23.3 Å². The average Bonchev–Trinajstić information content (AvgIpc) is 2.91. The predicted octanol–water partition coefficient (Wildman–Crippen LogP) is 6.66. The molecule has 3 heteroatoms. The zero-order valence-corrected chi connectivity index (χ0v) is 15.3. The van der Waals surface area contributed by atoms with Crippen molar-refractivity contribution >= 4 is 52.3 Å². The van der Waals surface area contributed by atoms with E-state index < -0.39 is 0 Å². The fourth-order valence-corrected chi connectivity index (χ4v) is 3.33. The van der Waals surface area contributed by atoms with E-state index in [1.165, 1.54) is 0 Å². The Balaban J connectivity index is 1.82. The Morgan fingerprint density at radius 2 is 0.962 bits per heavy atom. The van der Waals surface area contributed by atoms with Gasteiger partial charge in [-0.1, -0.05) is 71.7 Å². The average molecular weight is 377 g/mol. The van der Waals surface area contributed by atoms with E-state index in [1.807, 2.05) is 84.9 Å². The fourth-order valence-electron chi connectivity index (χ4n) is 3.08. The number of benzene rings is 3. The number of hydrogen-bond acceptors (Lipinski definition) is 1. The molecule has 0 fully saturated rings. The molecular formula is C23H14Cl2O. The summed E-state index contributed by atoms with van der Waals surface area (Å²) in [6.07, 6.45) is 3.83. The van der Waals surface area contributed by atoms with Crippen molar-refractivity contribution in [3.8, 4) is 0 Å². The van der Waals surface area contributed by atoms with Crippen molar-refractivity contribution in [3.63, 3.8) is 0 Å². The number of carbonyl (C=O) groups excluding carboxylic acids is 1. The molecule has 0 amide bonds. The lowest BCUT2D eigenvalue weighted by Crippen LogP contribution is -1.94. The monoisotopic (exact) mass is 376 g/mol. The molecule has 126 valence electrons. The molecule has 0 atom stereocenters. The Bertz CT molecular complexity index is 958.